The van der Waals surface area contributed by atoms with Gasteiger partial charge in [-0.15, -0.1) is 0 Å². The number of nitrogens with one attached hydrogen (secondary N) is 3. The van der Waals surface area contributed by atoms with Crippen molar-refractivity contribution < 1.29 is 4.79 Å². The minimum atomic E-state index is -1.19. The third-order valence-corrected chi connectivity index (χ3v) is 5.19. The molecule has 0 bridgehead atoms. The lowest BCUT2D eigenvalue weighted by molar-refractivity contribution is -0.122. The molecule has 154 valence electrons. The van der Waals surface area contributed by atoms with Gasteiger partial charge in [-0.25, -0.2) is 4.99 Å². The summed E-state index contributed by atoms with van der Waals surface area (Å²) < 4.78 is 0. The van der Waals surface area contributed by atoms with Gasteiger partial charge in [0.1, 0.15) is 0 Å². The summed E-state index contributed by atoms with van der Waals surface area (Å²) in [6.07, 6.45) is 4.86. The minimum absolute atomic E-state index is 0.135. The number of anilines is 1. The molecular weight excluding hydrogens is 421 g/mol. The number of halogens is 2. The zero-order valence-electron chi connectivity index (χ0n) is 16.4. The standard InChI is InChI=1S/C22H21Cl2N5O/c1-2-4-21(30)29-22(28-16-9-7-15(13-25)8-10-16)12-17(26-14-27-22)11-18-19(23)5-3-6-20(18)24/h3,5-10,12,14,28H,2,4,11H2,1H3,(H,26,27)(H,29,30). The summed E-state index contributed by atoms with van der Waals surface area (Å²) in [4.78, 5) is 16.9. The van der Waals surface area contributed by atoms with E-state index in [9.17, 15) is 4.79 Å². The third kappa shape index (κ3) is 5.32. The average molecular weight is 442 g/mol. The number of carbonyl (C=O) groups is 1. The van der Waals surface area contributed by atoms with Crippen molar-refractivity contribution in [3.8, 4) is 6.07 Å². The molecule has 0 aliphatic carbocycles. The molecule has 6 nitrogen and oxygen atoms in total. The molecule has 3 rings (SSSR count). The third-order valence-electron chi connectivity index (χ3n) is 4.49. The quantitative estimate of drug-likeness (QED) is 0.547. The van der Waals surface area contributed by atoms with E-state index in [1.165, 1.54) is 6.34 Å². The molecule has 2 aromatic rings. The van der Waals surface area contributed by atoms with Gasteiger partial charge in [-0.3, -0.25) is 4.79 Å². The van der Waals surface area contributed by atoms with Crippen molar-refractivity contribution in [1.29, 1.82) is 5.26 Å². The lowest BCUT2D eigenvalue weighted by Gasteiger charge is -2.33. The molecule has 1 heterocycles. The van der Waals surface area contributed by atoms with Crippen molar-refractivity contribution in [3.63, 3.8) is 0 Å². The number of allylic oxidation sites excluding steroid dienone is 1. The average Bonchev–Trinajstić information content (AvgIpc) is 2.72. The molecule has 3 N–H and O–H groups in total. The van der Waals surface area contributed by atoms with Crippen molar-refractivity contribution >= 4 is 41.1 Å². The first kappa shape index (κ1) is 21.7. The molecule has 1 amide bonds. The topological polar surface area (TPSA) is 89.3 Å². The summed E-state index contributed by atoms with van der Waals surface area (Å²) >= 11 is 12.6. The molecule has 30 heavy (non-hydrogen) atoms. The van der Waals surface area contributed by atoms with E-state index in [1.54, 1.807) is 48.5 Å². The molecular formula is C22H21Cl2N5O. The van der Waals surface area contributed by atoms with Gasteiger partial charge in [-0.2, -0.15) is 5.26 Å². The van der Waals surface area contributed by atoms with Crippen LogP contribution in [0.5, 0.6) is 0 Å². The first-order chi connectivity index (χ1) is 14.4. The fourth-order valence-corrected chi connectivity index (χ4v) is 3.59. The lowest BCUT2D eigenvalue weighted by atomic mass is 10.1. The van der Waals surface area contributed by atoms with Gasteiger partial charge in [0.15, 0.2) is 0 Å². The van der Waals surface area contributed by atoms with Crippen molar-refractivity contribution in [1.82, 2.24) is 10.6 Å². The summed E-state index contributed by atoms with van der Waals surface area (Å²) in [5.41, 5.74) is 2.80. The monoisotopic (exact) mass is 441 g/mol. The predicted octanol–water partition coefficient (Wildman–Crippen LogP) is 4.61. The second kappa shape index (κ2) is 9.66. The molecule has 8 heteroatoms. The van der Waals surface area contributed by atoms with Gasteiger partial charge in [0, 0.05) is 40.3 Å². The van der Waals surface area contributed by atoms with Crippen LogP contribution in [0.2, 0.25) is 10.0 Å². The fraction of sp³-hybridized carbons (Fsp3) is 0.227. The number of amides is 1. The van der Waals surface area contributed by atoms with Crippen molar-refractivity contribution in [3.05, 3.63) is 75.4 Å². The summed E-state index contributed by atoms with van der Waals surface area (Å²) in [6.45, 7) is 1.94. The maximum atomic E-state index is 12.4. The van der Waals surface area contributed by atoms with Crippen molar-refractivity contribution in [2.45, 2.75) is 32.0 Å². The smallest absolute Gasteiger partial charge is 0.231 e. The highest BCUT2D eigenvalue weighted by molar-refractivity contribution is 6.36. The number of aliphatic imine (C=N–C) groups is 1. The van der Waals surface area contributed by atoms with Gasteiger partial charge in [-0.05, 0) is 48.4 Å². The van der Waals surface area contributed by atoms with E-state index < -0.39 is 5.79 Å². The molecule has 2 aromatic carbocycles. The maximum absolute atomic E-state index is 12.4. The van der Waals surface area contributed by atoms with Crippen LogP contribution in [-0.2, 0) is 11.2 Å². The Bertz CT molecular complexity index is 1010. The van der Waals surface area contributed by atoms with E-state index in [2.05, 4.69) is 27.0 Å². The molecule has 0 radical (unpaired) electrons. The largest absolute Gasteiger partial charge is 0.350 e. The second-order valence-electron chi connectivity index (χ2n) is 6.83. The van der Waals surface area contributed by atoms with E-state index >= 15 is 0 Å². The number of rotatable bonds is 7. The molecule has 1 unspecified atom stereocenters. The maximum Gasteiger partial charge on any atom is 0.231 e. The van der Waals surface area contributed by atoms with Crippen LogP contribution in [0.1, 0.15) is 30.9 Å². The zero-order chi connectivity index (χ0) is 21.6. The highest BCUT2D eigenvalue weighted by atomic mass is 35.5. The van der Waals surface area contributed by atoms with E-state index in [-0.39, 0.29) is 5.91 Å². The fourth-order valence-electron chi connectivity index (χ4n) is 3.06. The van der Waals surface area contributed by atoms with E-state index in [4.69, 9.17) is 28.5 Å². The number of nitriles is 1. The molecule has 1 atom stereocenters. The van der Waals surface area contributed by atoms with Gasteiger partial charge < -0.3 is 16.0 Å². The molecule has 0 spiro atoms. The highest BCUT2D eigenvalue weighted by Gasteiger charge is 2.31. The zero-order valence-corrected chi connectivity index (χ0v) is 17.9. The van der Waals surface area contributed by atoms with E-state index in [1.807, 2.05) is 6.92 Å². The van der Waals surface area contributed by atoms with Crippen molar-refractivity contribution in [2.24, 2.45) is 4.99 Å². The Morgan fingerprint density at radius 1 is 1.20 bits per heavy atom. The lowest BCUT2D eigenvalue weighted by Crippen LogP contribution is -2.54. The molecule has 0 saturated carbocycles. The Balaban J connectivity index is 1.93. The van der Waals surface area contributed by atoms with Crippen LogP contribution in [0.15, 0.2) is 59.2 Å². The van der Waals surface area contributed by atoms with Gasteiger partial charge in [0.2, 0.25) is 11.7 Å². The van der Waals surface area contributed by atoms with Crippen LogP contribution in [0.4, 0.5) is 5.69 Å². The van der Waals surface area contributed by atoms with Gasteiger partial charge in [0.05, 0.1) is 18.0 Å². The summed E-state index contributed by atoms with van der Waals surface area (Å²) in [6, 6.07) is 14.4. The van der Waals surface area contributed by atoms with Gasteiger partial charge >= 0.3 is 0 Å². The Kier molecular flexibility index (Phi) is 6.99. The minimum Gasteiger partial charge on any atom is -0.350 e. The summed E-state index contributed by atoms with van der Waals surface area (Å²) in [7, 11) is 0. The summed E-state index contributed by atoms with van der Waals surface area (Å²) in [5.74, 6) is -1.32. The Morgan fingerprint density at radius 2 is 1.90 bits per heavy atom. The number of carbonyl (C=O) groups excluding carboxylic acids is 1. The number of nitrogens with zero attached hydrogens (tertiary/aromatic N) is 2. The van der Waals surface area contributed by atoms with E-state index in [0.29, 0.717) is 40.6 Å². The Morgan fingerprint density at radius 3 is 2.53 bits per heavy atom. The first-order valence-corrected chi connectivity index (χ1v) is 10.2. The molecule has 1 aliphatic rings. The Labute approximate surface area is 185 Å². The highest BCUT2D eigenvalue weighted by Crippen LogP contribution is 2.28. The van der Waals surface area contributed by atoms with E-state index in [0.717, 1.165) is 11.3 Å². The Hall–Kier alpha value is -3.01. The number of hydrogen-bond donors (Lipinski definition) is 3. The van der Waals surface area contributed by atoms with Crippen molar-refractivity contribution in [2.75, 3.05) is 5.32 Å². The van der Waals surface area contributed by atoms with Crippen LogP contribution in [0, 0.1) is 11.3 Å². The normalized spacial score (nSPS) is 17.5. The molecule has 1 aliphatic heterocycles. The predicted molar refractivity (Wildman–Crippen MR) is 120 cm³/mol. The number of benzene rings is 2. The SMILES string of the molecule is CCCC(=O)NC1(Nc2ccc(C#N)cc2)C=C(Cc2c(Cl)cccc2Cl)NC=N1. The van der Waals surface area contributed by atoms with Crippen LogP contribution in [0.25, 0.3) is 0 Å². The number of hydrogen-bond acceptors (Lipinski definition) is 5. The van der Waals surface area contributed by atoms with Crippen LogP contribution in [-0.4, -0.2) is 18.0 Å². The molecule has 0 aromatic heterocycles. The first-order valence-electron chi connectivity index (χ1n) is 9.49. The van der Waals surface area contributed by atoms with Crippen LogP contribution >= 0.6 is 23.2 Å². The second-order valence-corrected chi connectivity index (χ2v) is 7.64. The van der Waals surface area contributed by atoms with Gasteiger partial charge in [0.25, 0.3) is 0 Å². The summed E-state index contributed by atoms with van der Waals surface area (Å²) in [5, 5.41) is 19.5. The molecule has 0 fully saturated rings. The van der Waals surface area contributed by atoms with Crippen LogP contribution in [0.3, 0.4) is 0 Å². The molecule has 0 saturated heterocycles. The van der Waals surface area contributed by atoms with Gasteiger partial charge in [-0.1, -0.05) is 36.2 Å². The van der Waals surface area contributed by atoms with Crippen LogP contribution < -0.4 is 16.0 Å².